The summed E-state index contributed by atoms with van der Waals surface area (Å²) in [5.74, 6) is -0.703. The molecule has 0 aliphatic carbocycles. The minimum absolute atomic E-state index is 0.115. The number of pyridine rings is 1. The second-order valence-corrected chi connectivity index (χ2v) is 7.80. The van der Waals surface area contributed by atoms with Crippen molar-refractivity contribution in [2.24, 2.45) is 0 Å². The fourth-order valence-corrected chi connectivity index (χ4v) is 3.97. The summed E-state index contributed by atoms with van der Waals surface area (Å²) < 4.78 is 0. The van der Waals surface area contributed by atoms with Crippen molar-refractivity contribution < 1.29 is 14.6 Å². The quantitative estimate of drug-likeness (QED) is 0.305. The largest absolute Gasteiger partial charge is 0.322 e. The summed E-state index contributed by atoms with van der Waals surface area (Å²) in [4.78, 5) is 42.7. The summed E-state index contributed by atoms with van der Waals surface area (Å²) in [6.45, 7) is 1.27. The number of hydrogen-bond donors (Lipinski definition) is 1. The molecule has 33 heavy (non-hydrogen) atoms. The van der Waals surface area contributed by atoms with Crippen molar-refractivity contribution in [2.45, 2.75) is 6.92 Å². The number of hydrogen-bond acceptors (Lipinski definition) is 8. The zero-order chi connectivity index (χ0) is 23.5. The maximum Gasteiger partial charge on any atom is 0.279 e. The first-order chi connectivity index (χ1) is 15.8. The molecule has 0 saturated carbocycles. The van der Waals surface area contributed by atoms with Crippen LogP contribution in [-0.2, 0) is 0 Å². The third-order valence-electron chi connectivity index (χ3n) is 4.81. The third-order valence-corrected chi connectivity index (χ3v) is 5.68. The molecule has 0 radical (unpaired) electrons. The normalized spacial score (nSPS) is 10.6. The van der Waals surface area contributed by atoms with Gasteiger partial charge in [-0.1, -0.05) is 18.2 Å². The number of rotatable bonds is 6. The van der Waals surface area contributed by atoms with E-state index in [0.717, 1.165) is 28.4 Å². The van der Waals surface area contributed by atoms with Crippen LogP contribution in [0.15, 0.2) is 66.2 Å². The molecule has 0 fully saturated rings. The summed E-state index contributed by atoms with van der Waals surface area (Å²) in [7, 11) is 0. The number of benzene rings is 2. The number of nitro benzene ring substituents is 2. The van der Waals surface area contributed by atoms with Gasteiger partial charge in [0.15, 0.2) is 0 Å². The van der Waals surface area contributed by atoms with E-state index in [9.17, 15) is 25.0 Å². The van der Waals surface area contributed by atoms with Crippen LogP contribution < -0.4 is 5.32 Å². The second-order valence-electron chi connectivity index (χ2n) is 6.94. The molecular formula is C22H15N5O5S. The van der Waals surface area contributed by atoms with Crippen LogP contribution >= 0.6 is 11.3 Å². The molecule has 4 rings (SSSR count). The Hall–Kier alpha value is -4.51. The summed E-state index contributed by atoms with van der Waals surface area (Å²) in [5.41, 5.74) is 1.31. The highest BCUT2D eigenvalue weighted by molar-refractivity contribution is 7.13. The highest BCUT2D eigenvalue weighted by atomic mass is 32.1. The van der Waals surface area contributed by atoms with E-state index < -0.39 is 27.1 Å². The molecule has 10 nitrogen and oxygen atoms in total. The van der Waals surface area contributed by atoms with E-state index in [0.29, 0.717) is 11.4 Å². The predicted molar refractivity (Wildman–Crippen MR) is 123 cm³/mol. The highest BCUT2D eigenvalue weighted by Crippen LogP contribution is 2.31. The molecule has 11 heteroatoms. The van der Waals surface area contributed by atoms with Crippen LogP contribution in [0.25, 0.3) is 22.0 Å². The van der Waals surface area contributed by atoms with Crippen molar-refractivity contribution >= 4 is 34.3 Å². The number of amides is 1. The zero-order valence-electron chi connectivity index (χ0n) is 17.1. The van der Waals surface area contributed by atoms with Gasteiger partial charge in [0, 0.05) is 35.0 Å². The molecule has 1 amide bonds. The number of nitrogens with zero attached hydrogens (tertiary/aromatic N) is 4. The van der Waals surface area contributed by atoms with Crippen LogP contribution in [0.2, 0.25) is 0 Å². The van der Waals surface area contributed by atoms with Gasteiger partial charge in [-0.15, -0.1) is 11.3 Å². The van der Waals surface area contributed by atoms with Gasteiger partial charge in [-0.25, -0.2) is 4.98 Å². The Morgan fingerprint density at radius 3 is 2.33 bits per heavy atom. The Bertz CT molecular complexity index is 1350. The Labute approximate surface area is 190 Å². The van der Waals surface area contributed by atoms with E-state index in [4.69, 9.17) is 0 Å². The van der Waals surface area contributed by atoms with Crippen LogP contribution in [0.3, 0.4) is 0 Å². The topological polar surface area (TPSA) is 141 Å². The molecule has 4 aromatic rings. The molecule has 0 bridgehead atoms. The van der Waals surface area contributed by atoms with Crippen molar-refractivity contribution in [1.82, 2.24) is 9.97 Å². The van der Waals surface area contributed by atoms with E-state index in [1.165, 1.54) is 18.3 Å². The highest BCUT2D eigenvalue weighted by Gasteiger charge is 2.25. The smallest absolute Gasteiger partial charge is 0.279 e. The van der Waals surface area contributed by atoms with Gasteiger partial charge in [-0.3, -0.25) is 30.0 Å². The first kappa shape index (κ1) is 21.7. The maximum absolute atomic E-state index is 12.7. The van der Waals surface area contributed by atoms with E-state index >= 15 is 0 Å². The van der Waals surface area contributed by atoms with E-state index in [-0.39, 0.29) is 11.1 Å². The lowest BCUT2D eigenvalue weighted by molar-refractivity contribution is -0.395. The first-order valence-corrected chi connectivity index (χ1v) is 10.4. The van der Waals surface area contributed by atoms with Crippen LogP contribution in [0.1, 0.15) is 15.9 Å². The van der Waals surface area contributed by atoms with E-state index in [1.807, 2.05) is 29.6 Å². The average Bonchev–Trinajstić information content (AvgIpc) is 3.30. The van der Waals surface area contributed by atoms with Gasteiger partial charge < -0.3 is 5.32 Å². The molecule has 164 valence electrons. The summed E-state index contributed by atoms with van der Waals surface area (Å²) in [6.07, 6.45) is 1.69. The predicted octanol–water partition coefficient (Wildman–Crippen LogP) is 5.25. The van der Waals surface area contributed by atoms with Crippen molar-refractivity contribution in [3.8, 4) is 22.0 Å². The molecule has 0 atom stereocenters. The fraction of sp³-hybridized carbons (Fsp3) is 0.0455. The van der Waals surface area contributed by atoms with E-state index in [1.54, 1.807) is 24.4 Å². The van der Waals surface area contributed by atoms with Gasteiger partial charge >= 0.3 is 0 Å². The molecule has 0 unspecified atom stereocenters. The third kappa shape index (κ3) is 4.57. The minimum Gasteiger partial charge on any atom is -0.322 e. The Kier molecular flexibility index (Phi) is 5.87. The summed E-state index contributed by atoms with van der Waals surface area (Å²) in [5, 5.41) is 27.8. The Morgan fingerprint density at radius 1 is 0.970 bits per heavy atom. The van der Waals surface area contributed by atoms with Crippen molar-refractivity contribution in [3.63, 3.8) is 0 Å². The standard InChI is InChI=1S/C22H15N5O5S/c1-13-19(26(29)30)10-15(11-20(13)27(31)32)21(28)24-16-6-4-5-14(9-16)18-12-33-22(25-18)17-7-2-3-8-23-17/h2-12H,1H3,(H,24,28). The number of aromatic nitrogens is 2. The van der Waals surface area contributed by atoms with Crippen LogP contribution in [0.5, 0.6) is 0 Å². The van der Waals surface area contributed by atoms with Crippen molar-refractivity contribution in [1.29, 1.82) is 0 Å². The maximum atomic E-state index is 12.7. The van der Waals surface area contributed by atoms with Crippen LogP contribution in [-0.4, -0.2) is 25.7 Å². The molecule has 1 N–H and O–H groups in total. The molecule has 2 aromatic heterocycles. The molecule has 0 aliphatic heterocycles. The Balaban J connectivity index is 1.61. The van der Waals surface area contributed by atoms with Crippen LogP contribution in [0.4, 0.5) is 17.1 Å². The molecule has 2 heterocycles. The molecule has 2 aromatic carbocycles. The van der Waals surface area contributed by atoms with Gasteiger partial charge in [-0.2, -0.15) is 0 Å². The second kappa shape index (κ2) is 8.93. The average molecular weight is 461 g/mol. The van der Waals surface area contributed by atoms with Crippen LogP contribution in [0, 0.1) is 27.2 Å². The number of nitrogens with one attached hydrogen (secondary N) is 1. The van der Waals surface area contributed by atoms with Crippen molar-refractivity contribution in [3.05, 3.63) is 97.5 Å². The van der Waals surface area contributed by atoms with Crippen molar-refractivity contribution in [2.75, 3.05) is 5.32 Å². The van der Waals surface area contributed by atoms with Gasteiger partial charge in [0.05, 0.1) is 26.8 Å². The number of carbonyl (C=O) groups is 1. The van der Waals surface area contributed by atoms with E-state index in [2.05, 4.69) is 15.3 Å². The number of carbonyl (C=O) groups excluding carboxylic acids is 1. The molecule has 0 spiro atoms. The minimum atomic E-state index is -0.749. The lowest BCUT2D eigenvalue weighted by Crippen LogP contribution is -2.13. The fourth-order valence-electron chi connectivity index (χ4n) is 3.17. The Morgan fingerprint density at radius 2 is 1.70 bits per heavy atom. The molecule has 0 saturated heterocycles. The number of thiazole rings is 1. The molecule has 0 aliphatic rings. The number of nitro groups is 2. The monoisotopic (exact) mass is 461 g/mol. The van der Waals surface area contributed by atoms with Gasteiger partial charge in [-0.05, 0) is 31.2 Å². The lowest BCUT2D eigenvalue weighted by atomic mass is 10.1. The van der Waals surface area contributed by atoms with Gasteiger partial charge in [0.1, 0.15) is 10.6 Å². The SMILES string of the molecule is Cc1c([N+](=O)[O-])cc(C(=O)Nc2cccc(-c3csc(-c4ccccn4)n3)c2)cc1[N+](=O)[O-]. The number of anilines is 1. The first-order valence-electron chi connectivity index (χ1n) is 9.55. The zero-order valence-corrected chi connectivity index (χ0v) is 17.9. The molecular weight excluding hydrogens is 446 g/mol. The summed E-state index contributed by atoms with van der Waals surface area (Å²) in [6, 6.07) is 14.5. The van der Waals surface area contributed by atoms with Gasteiger partial charge in [0.2, 0.25) is 0 Å². The summed E-state index contributed by atoms with van der Waals surface area (Å²) >= 11 is 1.44. The lowest BCUT2D eigenvalue weighted by Gasteiger charge is -2.08. The van der Waals surface area contributed by atoms with Gasteiger partial charge in [0.25, 0.3) is 17.3 Å².